The molecule has 0 aromatic carbocycles. The van der Waals surface area contributed by atoms with Crippen LogP contribution in [0.3, 0.4) is 0 Å². The van der Waals surface area contributed by atoms with Gasteiger partial charge in [0.15, 0.2) is 0 Å². The Morgan fingerprint density at radius 2 is 2.07 bits per heavy atom. The third-order valence-corrected chi connectivity index (χ3v) is 2.32. The molecule has 0 bridgehead atoms. The molecule has 0 fully saturated rings. The minimum atomic E-state index is 0.609. The molecule has 1 aromatic rings. The average Bonchev–Trinajstić information content (AvgIpc) is 2.62. The van der Waals surface area contributed by atoms with Gasteiger partial charge in [-0.25, -0.2) is 0 Å². The first-order valence-corrected chi connectivity index (χ1v) is 5.27. The van der Waals surface area contributed by atoms with Crippen molar-refractivity contribution < 1.29 is 4.42 Å². The summed E-state index contributed by atoms with van der Waals surface area (Å²) < 4.78 is 5.48. The summed E-state index contributed by atoms with van der Waals surface area (Å²) in [5.74, 6) is 2.08. The Hall–Kier alpha value is -0.900. The standard InChI is InChI=1S/C10H19N3O/c1-3-8(2)7-10-13-12-9(14-10)5-4-6-11/h8H,3-7,11H2,1-2H3. The van der Waals surface area contributed by atoms with E-state index in [4.69, 9.17) is 10.2 Å². The lowest BCUT2D eigenvalue weighted by molar-refractivity contribution is 0.409. The van der Waals surface area contributed by atoms with Crippen molar-refractivity contribution in [2.45, 2.75) is 39.5 Å². The van der Waals surface area contributed by atoms with Crippen LogP contribution < -0.4 is 5.73 Å². The summed E-state index contributed by atoms with van der Waals surface area (Å²) in [4.78, 5) is 0. The Bertz CT molecular complexity index is 260. The van der Waals surface area contributed by atoms with Crippen LogP contribution in [0.4, 0.5) is 0 Å². The van der Waals surface area contributed by atoms with Gasteiger partial charge in [-0.05, 0) is 18.9 Å². The smallest absolute Gasteiger partial charge is 0.216 e. The SMILES string of the molecule is CCC(C)Cc1nnc(CCCN)o1. The zero-order chi connectivity index (χ0) is 10.4. The van der Waals surface area contributed by atoms with Gasteiger partial charge in [0.25, 0.3) is 0 Å². The summed E-state index contributed by atoms with van der Waals surface area (Å²) in [6.07, 6.45) is 3.72. The van der Waals surface area contributed by atoms with Crippen LogP contribution in [0.25, 0.3) is 0 Å². The molecular formula is C10H19N3O. The van der Waals surface area contributed by atoms with E-state index in [1.165, 1.54) is 0 Å². The van der Waals surface area contributed by atoms with Gasteiger partial charge in [-0.3, -0.25) is 0 Å². The van der Waals surface area contributed by atoms with Gasteiger partial charge in [0.2, 0.25) is 11.8 Å². The van der Waals surface area contributed by atoms with Gasteiger partial charge in [-0.2, -0.15) is 0 Å². The van der Waals surface area contributed by atoms with Crippen molar-refractivity contribution in [1.82, 2.24) is 10.2 Å². The van der Waals surface area contributed by atoms with E-state index in [9.17, 15) is 0 Å². The molecule has 0 aliphatic heterocycles. The van der Waals surface area contributed by atoms with Crippen molar-refractivity contribution in [2.24, 2.45) is 11.7 Å². The van der Waals surface area contributed by atoms with E-state index in [1.807, 2.05) is 0 Å². The van der Waals surface area contributed by atoms with Gasteiger partial charge in [0, 0.05) is 12.8 Å². The van der Waals surface area contributed by atoms with Crippen molar-refractivity contribution >= 4 is 0 Å². The second-order valence-electron chi connectivity index (χ2n) is 3.70. The summed E-state index contributed by atoms with van der Waals surface area (Å²) in [5.41, 5.74) is 5.40. The molecule has 1 atom stereocenters. The number of hydrogen-bond donors (Lipinski definition) is 1. The number of nitrogens with two attached hydrogens (primary N) is 1. The first-order chi connectivity index (χ1) is 6.76. The zero-order valence-corrected chi connectivity index (χ0v) is 8.99. The highest BCUT2D eigenvalue weighted by Gasteiger charge is 2.08. The van der Waals surface area contributed by atoms with Crippen LogP contribution in [-0.4, -0.2) is 16.7 Å². The quantitative estimate of drug-likeness (QED) is 0.751. The van der Waals surface area contributed by atoms with Gasteiger partial charge in [-0.1, -0.05) is 20.3 Å². The van der Waals surface area contributed by atoms with Crippen LogP contribution in [0.15, 0.2) is 4.42 Å². The molecule has 0 aliphatic carbocycles. The summed E-state index contributed by atoms with van der Waals surface area (Å²) in [7, 11) is 0. The maximum atomic E-state index is 5.48. The molecule has 4 heteroatoms. The summed E-state index contributed by atoms with van der Waals surface area (Å²) >= 11 is 0. The van der Waals surface area contributed by atoms with Crippen LogP contribution in [0.5, 0.6) is 0 Å². The Kier molecular flexibility index (Phi) is 4.59. The van der Waals surface area contributed by atoms with Gasteiger partial charge in [0.1, 0.15) is 0 Å². The molecule has 4 nitrogen and oxygen atoms in total. The Labute approximate surface area is 84.9 Å². The largest absolute Gasteiger partial charge is 0.425 e. The van der Waals surface area contributed by atoms with Crippen LogP contribution >= 0.6 is 0 Å². The second-order valence-corrected chi connectivity index (χ2v) is 3.70. The Morgan fingerprint density at radius 3 is 2.71 bits per heavy atom. The molecule has 0 saturated heterocycles. The fourth-order valence-corrected chi connectivity index (χ4v) is 1.17. The van der Waals surface area contributed by atoms with Gasteiger partial charge in [0.05, 0.1) is 0 Å². The highest BCUT2D eigenvalue weighted by Crippen LogP contribution is 2.10. The summed E-state index contributed by atoms with van der Waals surface area (Å²) in [6, 6.07) is 0. The Morgan fingerprint density at radius 1 is 1.36 bits per heavy atom. The monoisotopic (exact) mass is 197 g/mol. The highest BCUT2D eigenvalue weighted by molar-refractivity contribution is 4.83. The van der Waals surface area contributed by atoms with Crippen LogP contribution in [0.2, 0.25) is 0 Å². The van der Waals surface area contributed by atoms with Crippen LogP contribution in [0, 0.1) is 5.92 Å². The zero-order valence-electron chi connectivity index (χ0n) is 8.99. The van der Waals surface area contributed by atoms with E-state index in [0.29, 0.717) is 18.4 Å². The van der Waals surface area contributed by atoms with E-state index in [2.05, 4.69) is 24.0 Å². The first-order valence-electron chi connectivity index (χ1n) is 5.27. The van der Waals surface area contributed by atoms with E-state index in [0.717, 1.165) is 31.6 Å². The molecule has 2 N–H and O–H groups in total. The van der Waals surface area contributed by atoms with E-state index >= 15 is 0 Å². The summed E-state index contributed by atoms with van der Waals surface area (Å²) in [6.45, 7) is 5.02. The fourth-order valence-electron chi connectivity index (χ4n) is 1.17. The second kappa shape index (κ2) is 5.75. The predicted octanol–water partition coefficient (Wildman–Crippen LogP) is 1.55. The molecule has 1 unspecified atom stereocenters. The van der Waals surface area contributed by atoms with E-state index in [1.54, 1.807) is 0 Å². The minimum Gasteiger partial charge on any atom is -0.425 e. The molecule has 0 radical (unpaired) electrons. The molecule has 0 aliphatic rings. The normalized spacial score (nSPS) is 13.1. The molecule has 14 heavy (non-hydrogen) atoms. The topological polar surface area (TPSA) is 64.9 Å². The molecule has 0 spiro atoms. The number of hydrogen-bond acceptors (Lipinski definition) is 4. The molecular weight excluding hydrogens is 178 g/mol. The molecule has 0 saturated carbocycles. The van der Waals surface area contributed by atoms with Crippen molar-refractivity contribution in [3.8, 4) is 0 Å². The third-order valence-electron chi connectivity index (χ3n) is 2.32. The van der Waals surface area contributed by atoms with Gasteiger partial charge >= 0.3 is 0 Å². The molecule has 1 heterocycles. The van der Waals surface area contributed by atoms with Crippen molar-refractivity contribution in [2.75, 3.05) is 6.54 Å². The van der Waals surface area contributed by atoms with Crippen LogP contribution in [0.1, 0.15) is 38.5 Å². The van der Waals surface area contributed by atoms with E-state index < -0.39 is 0 Å². The minimum absolute atomic E-state index is 0.609. The first kappa shape index (κ1) is 11.2. The number of nitrogens with zero attached hydrogens (tertiary/aromatic N) is 2. The molecule has 0 amide bonds. The lowest BCUT2D eigenvalue weighted by Crippen LogP contribution is -2.00. The maximum Gasteiger partial charge on any atom is 0.216 e. The number of rotatable bonds is 6. The number of aryl methyl sites for hydroxylation is 1. The van der Waals surface area contributed by atoms with Gasteiger partial charge in [-0.15, -0.1) is 10.2 Å². The molecule has 80 valence electrons. The van der Waals surface area contributed by atoms with E-state index in [-0.39, 0.29) is 0 Å². The van der Waals surface area contributed by atoms with Crippen molar-refractivity contribution in [3.63, 3.8) is 0 Å². The fraction of sp³-hybridized carbons (Fsp3) is 0.800. The summed E-state index contributed by atoms with van der Waals surface area (Å²) in [5, 5.41) is 7.97. The Balaban J connectivity index is 2.42. The lowest BCUT2D eigenvalue weighted by atomic mass is 10.1. The van der Waals surface area contributed by atoms with Gasteiger partial charge < -0.3 is 10.2 Å². The average molecular weight is 197 g/mol. The predicted molar refractivity (Wildman–Crippen MR) is 54.8 cm³/mol. The third kappa shape index (κ3) is 3.46. The van der Waals surface area contributed by atoms with Crippen LogP contribution in [-0.2, 0) is 12.8 Å². The number of aromatic nitrogens is 2. The lowest BCUT2D eigenvalue weighted by Gasteiger charge is -2.02. The van der Waals surface area contributed by atoms with Crippen molar-refractivity contribution in [1.29, 1.82) is 0 Å². The molecule has 1 aromatic heterocycles. The molecule has 1 rings (SSSR count). The highest BCUT2D eigenvalue weighted by atomic mass is 16.4. The maximum absolute atomic E-state index is 5.48. The van der Waals surface area contributed by atoms with Crippen molar-refractivity contribution in [3.05, 3.63) is 11.8 Å².